The number of hydrogen-bond donors (Lipinski definition) is 0. The molecule has 2 amide bonds. The lowest BCUT2D eigenvalue weighted by atomic mass is 10.0. The number of pyridine rings is 1. The molecule has 1 aromatic heterocycles. The molecule has 0 spiro atoms. The number of benzene rings is 1. The lowest BCUT2D eigenvalue weighted by Crippen LogP contribution is -2.40. The van der Waals surface area contributed by atoms with Crippen LogP contribution in [0.5, 0.6) is 0 Å². The average molecular weight is 349 g/mol. The number of nitrogens with zero attached hydrogens (tertiary/aromatic N) is 3. The summed E-state index contributed by atoms with van der Waals surface area (Å²) in [5, 5.41) is 0. The summed E-state index contributed by atoms with van der Waals surface area (Å²) in [7, 11) is 0. The number of aromatic nitrogens is 1. The Labute approximate surface area is 151 Å². The van der Waals surface area contributed by atoms with E-state index in [0.29, 0.717) is 37.6 Å². The molecule has 0 N–H and O–H groups in total. The molecule has 3 heterocycles. The standard InChI is InChI=1S/C20H19N3O3/c24-19-17(16-6-2-1-3-7-16)18(22-9-11-26-12-10-22)20(25)23(19)14-15-5-4-8-21-13-15/h1-8,13H,9-12,14H2. The summed E-state index contributed by atoms with van der Waals surface area (Å²) < 4.78 is 5.40. The third kappa shape index (κ3) is 2.99. The fourth-order valence-electron chi connectivity index (χ4n) is 3.33. The Hall–Kier alpha value is -2.99. The molecular weight excluding hydrogens is 330 g/mol. The molecule has 0 unspecified atom stereocenters. The molecule has 1 saturated heterocycles. The second-order valence-corrected chi connectivity index (χ2v) is 6.25. The largest absolute Gasteiger partial charge is 0.378 e. The van der Waals surface area contributed by atoms with Crippen LogP contribution in [0.2, 0.25) is 0 Å². The van der Waals surface area contributed by atoms with Crippen molar-refractivity contribution in [2.24, 2.45) is 0 Å². The quantitative estimate of drug-likeness (QED) is 0.786. The molecule has 4 rings (SSSR count). The van der Waals surface area contributed by atoms with Gasteiger partial charge >= 0.3 is 0 Å². The molecule has 1 aromatic carbocycles. The maximum absolute atomic E-state index is 13.1. The van der Waals surface area contributed by atoms with Crippen molar-refractivity contribution in [3.05, 3.63) is 71.7 Å². The molecule has 0 atom stereocenters. The number of amides is 2. The van der Waals surface area contributed by atoms with Crippen molar-refractivity contribution in [1.29, 1.82) is 0 Å². The highest BCUT2D eigenvalue weighted by Gasteiger charge is 2.41. The predicted molar refractivity (Wildman–Crippen MR) is 95.5 cm³/mol. The molecule has 2 aliphatic rings. The van der Waals surface area contributed by atoms with E-state index in [1.165, 1.54) is 4.90 Å². The van der Waals surface area contributed by atoms with Crippen LogP contribution in [0.15, 0.2) is 60.6 Å². The van der Waals surface area contributed by atoms with Gasteiger partial charge in [-0.1, -0.05) is 36.4 Å². The van der Waals surface area contributed by atoms with E-state index in [0.717, 1.165) is 11.1 Å². The Kier molecular flexibility index (Phi) is 4.50. The van der Waals surface area contributed by atoms with Crippen molar-refractivity contribution in [2.75, 3.05) is 26.3 Å². The summed E-state index contributed by atoms with van der Waals surface area (Å²) in [5.74, 6) is -0.508. The van der Waals surface area contributed by atoms with Gasteiger partial charge in [0.05, 0.1) is 25.3 Å². The van der Waals surface area contributed by atoms with Crippen molar-refractivity contribution in [3.63, 3.8) is 0 Å². The highest BCUT2D eigenvalue weighted by Crippen LogP contribution is 2.32. The van der Waals surface area contributed by atoms with Crippen LogP contribution in [0.25, 0.3) is 5.57 Å². The highest BCUT2D eigenvalue weighted by atomic mass is 16.5. The molecule has 132 valence electrons. The maximum atomic E-state index is 13.1. The lowest BCUT2D eigenvalue weighted by molar-refractivity contribution is -0.138. The van der Waals surface area contributed by atoms with Crippen LogP contribution in [-0.2, 0) is 20.9 Å². The molecule has 0 saturated carbocycles. The second kappa shape index (κ2) is 7.09. The Morgan fingerprint density at radius 2 is 1.73 bits per heavy atom. The number of carbonyl (C=O) groups is 2. The van der Waals surface area contributed by atoms with E-state index in [1.54, 1.807) is 18.5 Å². The summed E-state index contributed by atoms with van der Waals surface area (Å²) in [6, 6.07) is 13.1. The molecule has 6 nitrogen and oxygen atoms in total. The van der Waals surface area contributed by atoms with E-state index >= 15 is 0 Å². The van der Waals surface area contributed by atoms with Gasteiger partial charge in [0.15, 0.2) is 0 Å². The number of hydrogen-bond acceptors (Lipinski definition) is 5. The van der Waals surface area contributed by atoms with Crippen LogP contribution in [0, 0.1) is 0 Å². The summed E-state index contributed by atoms with van der Waals surface area (Å²) in [4.78, 5) is 33.6. The second-order valence-electron chi connectivity index (χ2n) is 6.25. The van der Waals surface area contributed by atoms with Crippen LogP contribution < -0.4 is 0 Å². The molecule has 0 bridgehead atoms. The number of morpholine rings is 1. The summed E-state index contributed by atoms with van der Waals surface area (Å²) in [6.07, 6.45) is 3.35. The predicted octanol–water partition coefficient (Wildman–Crippen LogP) is 1.69. The van der Waals surface area contributed by atoms with Gasteiger partial charge in [-0.3, -0.25) is 19.5 Å². The van der Waals surface area contributed by atoms with Crippen LogP contribution in [0.3, 0.4) is 0 Å². The topological polar surface area (TPSA) is 62.7 Å². The number of carbonyl (C=O) groups excluding carboxylic acids is 2. The summed E-state index contributed by atoms with van der Waals surface area (Å²) in [5.41, 5.74) is 2.54. The van der Waals surface area contributed by atoms with Gasteiger partial charge in [0.25, 0.3) is 11.8 Å². The van der Waals surface area contributed by atoms with Crippen LogP contribution in [0.1, 0.15) is 11.1 Å². The van der Waals surface area contributed by atoms with Crippen molar-refractivity contribution >= 4 is 17.4 Å². The molecule has 2 aliphatic heterocycles. The Morgan fingerprint density at radius 1 is 0.962 bits per heavy atom. The van der Waals surface area contributed by atoms with Crippen molar-refractivity contribution in [2.45, 2.75) is 6.54 Å². The van der Waals surface area contributed by atoms with E-state index < -0.39 is 0 Å². The molecule has 0 aliphatic carbocycles. The van der Waals surface area contributed by atoms with Crippen LogP contribution in [-0.4, -0.2) is 52.9 Å². The first-order chi connectivity index (χ1) is 12.8. The lowest BCUT2D eigenvalue weighted by Gasteiger charge is -2.29. The van der Waals surface area contributed by atoms with Crippen molar-refractivity contribution in [1.82, 2.24) is 14.8 Å². The Bertz CT molecular complexity index is 843. The summed E-state index contributed by atoms with van der Waals surface area (Å²) in [6.45, 7) is 2.53. The fourth-order valence-corrected chi connectivity index (χ4v) is 3.33. The van der Waals surface area contributed by atoms with Gasteiger partial charge in [-0.05, 0) is 17.2 Å². The molecule has 26 heavy (non-hydrogen) atoms. The van der Waals surface area contributed by atoms with E-state index in [9.17, 15) is 9.59 Å². The van der Waals surface area contributed by atoms with Gasteiger partial charge in [0, 0.05) is 25.5 Å². The van der Waals surface area contributed by atoms with E-state index in [4.69, 9.17) is 4.74 Å². The minimum absolute atomic E-state index is 0.218. The fraction of sp³-hybridized carbons (Fsp3) is 0.250. The normalized spacial score (nSPS) is 18.0. The first-order valence-electron chi connectivity index (χ1n) is 8.63. The SMILES string of the molecule is O=C1C(c2ccccc2)=C(N2CCOCC2)C(=O)N1Cc1cccnc1. The van der Waals surface area contributed by atoms with Gasteiger partial charge < -0.3 is 9.64 Å². The summed E-state index contributed by atoms with van der Waals surface area (Å²) >= 11 is 0. The van der Waals surface area contributed by atoms with Gasteiger partial charge in [-0.15, -0.1) is 0 Å². The van der Waals surface area contributed by atoms with Crippen molar-refractivity contribution in [3.8, 4) is 0 Å². The molecular formula is C20H19N3O3. The minimum atomic E-state index is -0.258. The first-order valence-corrected chi connectivity index (χ1v) is 8.63. The zero-order valence-electron chi connectivity index (χ0n) is 14.3. The van der Waals surface area contributed by atoms with Gasteiger partial charge in [0.2, 0.25) is 0 Å². The monoisotopic (exact) mass is 349 g/mol. The van der Waals surface area contributed by atoms with Gasteiger partial charge in [-0.2, -0.15) is 0 Å². The number of imide groups is 1. The molecule has 6 heteroatoms. The molecule has 0 radical (unpaired) electrons. The Morgan fingerprint density at radius 3 is 2.42 bits per heavy atom. The third-order valence-corrected chi connectivity index (χ3v) is 4.60. The van der Waals surface area contributed by atoms with E-state index in [-0.39, 0.29) is 18.4 Å². The molecule has 2 aromatic rings. The minimum Gasteiger partial charge on any atom is -0.378 e. The average Bonchev–Trinajstić information content (AvgIpc) is 2.95. The van der Waals surface area contributed by atoms with Crippen LogP contribution in [0.4, 0.5) is 0 Å². The third-order valence-electron chi connectivity index (χ3n) is 4.60. The first kappa shape index (κ1) is 16.5. The zero-order valence-corrected chi connectivity index (χ0v) is 14.3. The van der Waals surface area contributed by atoms with Gasteiger partial charge in [-0.25, -0.2) is 0 Å². The zero-order chi connectivity index (χ0) is 17.9. The smallest absolute Gasteiger partial charge is 0.278 e. The van der Waals surface area contributed by atoms with Crippen LogP contribution >= 0.6 is 0 Å². The Balaban J connectivity index is 1.73. The maximum Gasteiger partial charge on any atom is 0.278 e. The van der Waals surface area contributed by atoms with E-state index in [2.05, 4.69) is 4.98 Å². The highest BCUT2D eigenvalue weighted by molar-refractivity contribution is 6.35. The number of rotatable bonds is 4. The van der Waals surface area contributed by atoms with Gasteiger partial charge in [0.1, 0.15) is 5.70 Å². The number of ether oxygens (including phenoxy) is 1. The van der Waals surface area contributed by atoms with Crippen molar-refractivity contribution < 1.29 is 14.3 Å². The van der Waals surface area contributed by atoms with E-state index in [1.807, 2.05) is 41.3 Å². The molecule has 1 fully saturated rings.